The summed E-state index contributed by atoms with van der Waals surface area (Å²) in [6.07, 6.45) is -2.85. The molecule has 9 heteroatoms. The van der Waals surface area contributed by atoms with Crippen LogP contribution in [0.2, 0.25) is 0 Å². The minimum Gasteiger partial charge on any atom is -0.376 e. The van der Waals surface area contributed by atoms with Crippen molar-refractivity contribution in [3.05, 3.63) is 58.9 Å². The number of likely N-dealkylation sites (tertiary alicyclic amines) is 1. The molecule has 0 aliphatic carbocycles. The first kappa shape index (κ1) is 21.7. The maximum atomic E-state index is 13.5. The summed E-state index contributed by atoms with van der Waals surface area (Å²) in [5, 5.41) is 8.24. The molecule has 0 radical (unpaired) electrons. The van der Waals surface area contributed by atoms with Gasteiger partial charge in [0.2, 0.25) is 0 Å². The van der Waals surface area contributed by atoms with E-state index in [-0.39, 0.29) is 23.4 Å². The Morgan fingerprint density at radius 1 is 1.03 bits per heavy atom. The van der Waals surface area contributed by atoms with Crippen molar-refractivity contribution in [3.63, 3.8) is 0 Å². The number of nitrogens with zero attached hydrogens (tertiary/aromatic N) is 4. The molecule has 0 saturated carbocycles. The molecule has 166 valence electrons. The molecule has 3 aromatic rings. The van der Waals surface area contributed by atoms with Crippen LogP contribution in [-0.2, 0) is 30.0 Å². The number of rotatable bonds is 5. The van der Waals surface area contributed by atoms with Crippen LogP contribution in [0.4, 0.5) is 17.6 Å². The van der Waals surface area contributed by atoms with E-state index in [1.165, 1.54) is 16.9 Å². The van der Waals surface area contributed by atoms with Crippen molar-refractivity contribution >= 4 is 11.0 Å². The third kappa shape index (κ3) is 4.57. The van der Waals surface area contributed by atoms with Gasteiger partial charge in [0.15, 0.2) is 0 Å². The lowest BCUT2D eigenvalue weighted by Gasteiger charge is -2.41. The Morgan fingerprint density at radius 3 is 2.35 bits per heavy atom. The highest BCUT2D eigenvalue weighted by atomic mass is 19.4. The van der Waals surface area contributed by atoms with E-state index >= 15 is 0 Å². The van der Waals surface area contributed by atoms with Gasteiger partial charge in [-0.15, -0.1) is 0 Å². The standard InChI is InChI=1S/C22H24F4N4O/c1-29-9-7-21(8-10-29,16-3-5-18(23)6-4-16)14-31-13-15-11-17(22(24,25)26)12-19-20(15)28-30(2)27-19/h3-6,11-12H,7-10,13-14H2,1-2H3. The molecule has 1 aliphatic rings. The quantitative estimate of drug-likeness (QED) is 0.560. The minimum absolute atomic E-state index is 0.0160. The third-order valence-corrected chi connectivity index (χ3v) is 6.03. The molecule has 0 spiro atoms. The average Bonchev–Trinajstić information content (AvgIpc) is 3.10. The fourth-order valence-corrected chi connectivity index (χ4v) is 4.19. The van der Waals surface area contributed by atoms with E-state index < -0.39 is 11.7 Å². The molecule has 1 fully saturated rings. The largest absolute Gasteiger partial charge is 0.416 e. The summed E-state index contributed by atoms with van der Waals surface area (Å²) in [6, 6.07) is 8.50. The van der Waals surface area contributed by atoms with E-state index in [0.29, 0.717) is 17.7 Å². The van der Waals surface area contributed by atoms with Crippen LogP contribution in [0.15, 0.2) is 36.4 Å². The second-order valence-corrected chi connectivity index (χ2v) is 8.27. The highest BCUT2D eigenvalue weighted by molar-refractivity contribution is 5.78. The Morgan fingerprint density at radius 2 is 1.71 bits per heavy atom. The van der Waals surface area contributed by atoms with Gasteiger partial charge in [-0.1, -0.05) is 12.1 Å². The van der Waals surface area contributed by atoms with E-state index in [1.807, 2.05) is 7.05 Å². The molecule has 0 bridgehead atoms. The molecular formula is C22H24F4N4O. The maximum Gasteiger partial charge on any atom is 0.416 e. The van der Waals surface area contributed by atoms with Gasteiger partial charge in [0, 0.05) is 18.0 Å². The molecule has 2 aromatic carbocycles. The van der Waals surface area contributed by atoms with Crippen LogP contribution in [0.1, 0.15) is 29.5 Å². The van der Waals surface area contributed by atoms with Gasteiger partial charge in [-0.05, 0) is 62.8 Å². The van der Waals surface area contributed by atoms with Crippen molar-refractivity contribution in [2.24, 2.45) is 7.05 Å². The smallest absolute Gasteiger partial charge is 0.376 e. The lowest BCUT2D eigenvalue weighted by atomic mass is 9.73. The predicted octanol–water partition coefficient (Wildman–Crippen LogP) is 4.31. The van der Waals surface area contributed by atoms with Crippen LogP contribution in [0.25, 0.3) is 11.0 Å². The number of ether oxygens (including phenoxy) is 1. The number of aromatic nitrogens is 3. The third-order valence-electron chi connectivity index (χ3n) is 6.03. The molecule has 0 N–H and O–H groups in total. The van der Waals surface area contributed by atoms with Crippen molar-refractivity contribution in [3.8, 4) is 0 Å². The van der Waals surface area contributed by atoms with Crippen molar-refractivity contribution in [1.29, 1.82) is 0 Å². The second kappa shape index (κ2) is 8.20. The summed E-state index contributed by atoms with van der Waals surface area (Å²) in [5.74, 6) is -0.304. The minimum atomic E-state index is -4.48. The van der Waals surface area contributed by atoms with Gasteiger partial charge in [0.1, 0.15) is 16.9 Å². The number of hydrogen-bond donors (Lipinski definition) is 0. The van der Waals surface area contributed by atoms with Gasteiger partial charge in [0.25, 0.3) is 0 Å². The van der Waals surface area contributed by atoms with Crippen molar-refractivity contribution in [2.75, 3.05) is 26.7 Å². The second-order valence-electron chi connectivity index (χ2n) is 8.27. The summed E-state index contributed by atoms with van der Waals surface area (Å²) < 4.78 is 59.5. The monoisotopic (exact) mass is 436 g/mol. The van der Waals surface area contributed by atoms with Gasteiger partial charge in [0.05, 0.1) is 18.8 Å². The molecule has 1 aromatic heterocycles. The molecule has 1 aliphatic heterocycles. The fraction of sp³-hybridized carbons (Fsp3) is 0.455. The van der Waals surface area contributed by atoms with Gasteiger partial charge >= 0.3 is 6.18 Å². The summed E-state index contributed by atoms with van der Waals surface area (Å²) in [7, 11) is 3.61. The molecule has 0 amide bonds. The summed E-state index contributed by atoms with van der Waals surface area (Å²) >= 11 is 0. The van der Waals surface area contributed by atoms with Crippen LogP contribution in [0.5, 0.6) is 0 Å². The number of hydrogen-bond acceptors (Lipinski definition) is 4. The Hall–Kier alpha value is -2.52. The van der Waals surface area contributed by atoms with Gasteiger partial charge in [-0.3, -0.25) is 0 Å². The van der Waals surface area contributed by atoms with Crippen molar-refractivity contribution < 1.29 is 22.3 Å². The number of halogens is 4. The van der Waals surface area contributed by atoms with E-state index in [1.54, 1.807) is 19.2 Å². The first-order valence-electron chi connectivity index (χ1n) is 10.1. The van der Waals surface area contributed by atoms with Crippen molar-refractivity contribution in [2.45, 2.75) is 31.0 Å². The average molecular weight is 436 g/mol. The molecule has 1 saturated heterocycles. The molecular weight excluding hydrogens is 412 g/mol. The van der Waals surface area contributed by atoms with E-state index in [4.69, 9.17) is 4.74 Å². The zero-order chi connectivity index (χ0) is 22.2. The SMILES string of the molecule is CN1CCC(COCc2cc(C(F)(F)F)cc3nn(C)nc23)(c2ccc(F)cc2)CC1. The normalized spacial score (nSPS) is 17.4. The van der Waals surface area contributed by atoms with Crippen LogP contribution in [0.3, 0.4) is 0 Å². The first-order valence-corrected chi connectivity index (χ1v) is 10.1. The number of piperidine rings is 1. The lowest BCUT2D eigenvalue weighted by Crippen LogP contribution is -2.43. The van der Waals surface area contributed by atoms with Crippen LogP contribution in [-0.4, -0.2) is 46.6 Å². The van der Waals surface area contributed by atoms with Gasteiger partial charge in [-0.25, -0.2) is 4.39 Å². The summed E-state index contributed by atoms with van der Waals surface area (Å²) in [4.78, 5) is 3.48. The molecule has 2 heterocycles. The van der Waals surface area contributed by atoms with E-state index in [2.05, 4.69) is 15.1 Å². The van der Waals surface area contributed by atoms with Crippen LogP contribution < -0.4 is 0 Å². The number of aryl methyl sites for hydroxylation is 1. The predicted molar refractivity (Wildman–Crippen MR) is 108 cm³/mol. The van der Waals surface area contributed by atoms with Gasteiger partial charge in [-0.2, -0.15) is 28.2 Å². The Bertz CT molecular complexity index is 1050. The highest BCUT2D eigenvalue weighted by Gasteiger charge is 2.36. The topological polar surface area (TPSA) is 43.2 Å². The number of fused-ring (bicyclic) bond motifs is 1. The number of alkyl halides is 3. The highest BCUT2D eigenvalue weighted by Crippen LogP contribution is 2.37. The zero-order valence-electron chi connectivity index (χ0n) is 17.4. The van der Waals surface area contributed by atoms with E-state index in [0.717, 1.165) is 43.6 Å². The maximum absolute atomic E-state index is 13.5. The Balaban J connectivity index is 1.59. The summed E-state index contributed by atoms with van der Waals surface area (Å²) in [5.41, 5.74) is 0.823. The first-order chi connectivity index (χ1) is 14.7. The molecule has 0 atom stereocenters. The van der Waals surface area contributed by atoms with E-state index in [9.17, 15) is 17.6 Å². The molecule has 4 rings (SSSR count). The van der Waals surface area contributed by atoms with Crippen LogP contribution >= 0.6 is 0 Å². The molecule has 5 nitrogen and oxygen atoms in total. The van der Waals surface area contributed by atoms with Crippen molar-refractivity contribution in [1.82, 2.24) is 19.9 Å². The lowest BCUT2D eigenvalue weighted by molar-refractivity contribution is -0.137. The summed E-state index contributed by atoms with van der Waals surface area (Å²) in [6.45, 7) is 2.03. The molecule has 31 heavy (non-hydrogen) atoms. The fourth-order valence-electron chi connectivity index (χ4n) is 4.19. The zero-order valence-corrected chi connectivity index (χ0v) is 17.4. The Kier molecular flexibility index (Phi) is 5.74. The van der Waals surface area contributed by atoms with Gasteiger partial charge < -0.3 is 9.64 Å². The molecule has 0 unspecified atom stereocenters. The van der Waals surface area contributed by atoms with Crippen LogP contribution in [0, 0.1) is 5.82 Å². The number of benzene rings is 2. The Labute approximate surface area is 177 Å².